The zero-order chi connectivity index (χ0) is 19.2. The van der Waals surface area contributed by atoms with E-state index in [4.69, 9.17) is 16.3 Å². The Kier molecular flexibility index (Phi) is 4.52. The number of amides is 1. The number of nitrogens with zero attached hydrogens (tertiary/aromatic N) is 2. The first-order chi connectivity index (χ1) is 12.8. The Bertz CT molecular complexity index is 1010. The van der Waals surface area contributed by atoms with Crippen LogP contribution in [0.2, 0.25) is 5.02 Å². The largest absolute Gasteiger partial charge is 0.478 e. The minimum absolute atomic E-state index is 0.151. The average molecular weight is 407 g/mol. The van der Waals surface area contributed by atoms with Crippen LogP contribution in [0, 0.1) is 0 Å². The lowest BCUT2D eigenvalue weighted by molar-refractivity contribution is -0.125. The lowest BCUT2D eigenvalue weighted by atomic mass is 10.1. The van der Waals surface area contributed by atoms with E-state index >= 15 is 0 Å². The van der Waals surface area contributed by atoms with E-state index in [2.05, 4.69) is 0 Å². The summed E-state index contributed by atoms with van der Waals surface area (Å²) in [6, 6.07) is 12.6. The molecule has 2 heterocycles. The minimum atomic E-state index is -3.53. The molecule has 0 radical (unpaired) electrons. The summed E-state index contributed by atoms with van der Waals surface area (Å²) in [6.45, 7) is 0.749. The molecule has 8 heteroatoms. The highest BCUT2D eigenvalue weighted by Gasteiger charge is 2.35. The van der Waals surface area contributed by atoms with Gasteiger partial charge in [0.2, 0.25) is 10.0 Å². The molecule has 2 aromatic rings. The summed E-state index contributed by atoms with van der Waals surface area (Å²) in [5, 5.41) is 0.407. The van der Waals surface area contributed by atoms with Gasteiger partial charge in [0.25, 0.3) is 5.91 Å². The second kappa shape index (κ2) is 6.73. The van der Waals surface area contributed by atoms with Gasteiger partial charge in [-0.25, -0.2) is 8.42 Å². The highest BCUT2D eigenvalue weighted by molar-refractivity contribution is 7.92. The van der Waals surface area contributed by atoms with Crippen LogP contribution in [0.3, 0.4) is 0 Å². The van der Waals surface area contributed by atoms with Gasteiger partial charge < -0.3 is 9.64 Å². The van der Waals surface area contributed by atoms with Crippen molar-refractivity contribution in [2.75, 3.05) is 28.6 Å². The summed E-state index contributed by atoms with van der Waals surface area (Å²) in [5.41, 5.74) is 2.39. The molecule has 0 fully saturated rings. The summed E-state index contributed by atoms with van der Waals surface area (Å²) in [6.07, 6.45) is 1.44. The number of benzene rings is 2. The van der Waals surface area contributed by atoms with Crippen molar-refractivity contribution in [1.82, 2.24) is 0 Å². The fourth-order valence-corrected chi connectivity index (χ4v) is 4.71. The van der Waals surface area contributed by atoms with Crippen molar-refractivity contribution in [3.8, 4) is 5.75 Å². The third kappa shape index (κ3) is 3.37. The highest BCUT2D eigenvalue weighted by atomic mass is 35.5. The molecule has 0 saturated carbocycles. The zero-order valence-electron chi connectivity index (χ0n) is 14.8. The molecular formula is C19H19ClN2O4S. The van der Waals surface area contributed by atoms with Crippen LogP contribution in [0.1, 0.15) is 12.0 Å². The molecule has 4 rings (SSSR count). The first kappa shape index (κ1) is 18.1. The number of sulfonamides is 1. The third-order valence-electron chi connectivity index (χ3n) is 4.88. The molecule has 1 amide bonds. The maximum Gasteiger partial charge on any atom is 0.268 e. The lowest BCUT2D eigenvalue weighted by Gasteiger charge is -2.23. The van der Waals surface area contributed by atoms with Crippen molar-refractivity contribution in [1.29, 1.82) is 0 Å². The van der Waals surface area contributed by atoms with Gasteiger partial charge in [0.15, 0.2) is 6.10 Å². The number of hydrogen-bond donors (Lipinski definition) is 0. The standard InChI is InChI=1S/C19H19ClN2O4S/c1-27(24,25)22-11-9-18(26-17-7-6-14(20)12-16(17)22)19(23)21-10-8-13-4-2-3-5-15(13)21/h2-7,12,18H,8-11H2,1H3. The van der Waals surface area contributed by atoms with Crippen LogP contribution in [0.25, 0.3) is 0 Å². The summed E-state index contributed by atoms with van der Waals surface area (Å²) >= 11 is 6.05. The van der Waals surface area contributed by atoms with E-state index < -0.39 is 16.1 Å². The van der Waals surface area contributed by atoms with Crippen molar-refractivity contribution < 1.29 is 17.9 Å². The van der Waals surface area contributed by atoms with Crippen LogP contribution in [0.4, 0.5) is 11.4 Å². The Morgan fingerprint density at radius 2 is 1.93 bits per heavy atom. The van der Waals surface area contributed by atoms with Crippen molar-refractivity contribution in [3.05, 3.63) is 53.1 Å². The lowest BCUT2D eigenvalue weighted by Crippen LogP contribution is -2.42. The van der Waals surface area contributed by atoms with Gasteiger partial charge in [0, 0.05) is 30.2 Å². The summed E-state index contributed by atoms with van der Waals surface area (Å²) in [5.74, 6) is 0.185. The van der Waals surface area contributed by atoms with Gasteiger partial charge in [0.1, 0.15) is 5.75 Å². The van der Waals surface area contributed by atoms with Gasteiger partial charge in [-0.15, -0.1) is 0 Å². The van der Waals surface area contributed by atoms with Crippen molar-refractivity contribution in [2.45, 2.75) is 18.9 Å². The average Bonchev–Trinajstić information content (AvgIpc) is 2.95. The molecule has 142 valence electrons. The van der Waals surface area contributed by atoms with E-state index in [1.54, 1.807) is 23.1 Å². The molecule has 2 aliphatic rings. The van der Waals surface area contributed by atoms with Crippen LogP contribution in [0.5, 0.6) is 5.75 Å². The number of carbonyl (C=O) groups is 1. The van der Waals surface area contributed by atoms with Gasteiger partial charge in [0.05, 0.1) is 11.9 Å². The van der Waals surface area contributed by atoms with Gasteiger partial charge >= 0.3 is 0 Å². The van der Waals surface area contributed by atoms with Gasteiger partial charge in [-0.2, -0.15) is 0 Å². The molecule has 0 bridgehead atoms. The molecule has 0 saturated heterocycles. The van der Waals surface area contributed by atoms with E-state index in [0.717, 1.165) is 23.9 Å². The fraction of sp³-hybridized carbons (Fsp3) is 0.316. The molecule has 6 nitrogen and oxygen atoms in total. The van der Waals surface area contributed by atoms with Crippen LogP contribution in [-0.4, -0.2) is 39.8 Å². The molecule has 0 N–H and O–H groups in total. The second-order valence-electron chi connectivity index (χ2n) is 6.71. The normalized spacial score (nSPS) is 19.1. The van der Waals surface area contributed by atoms with Crippen molar-refractivity contribution in [2.24, 2.45) is 0 Å². The third-order valence-corrected chi connectivity index (χ3v) is 6.30. The predicted molar refractivity (Wildman–Crippen MR) is 105 cm³/mol. The van der Waals surface area contributed by atoms with E-state index in [9.17, 15) is 13.2 Å². The summed E-state index contributed by atoms with van der Waals surface area (Å²) in [4.78, 5) is 14.9. The van der Waals surface area contributed by atoms with Gasteiger partial charge in [-0.3, -0.25) is 9.10 Å². The van der Waals surface area contributed by atoms with Crippen LogP contribution in [-0.2, 0) is 21.2 Å². The van der Waals surface area contributed by atoms with Gasteiger partial charge in [-0.05, 0) is 36.2 Å². The predicted octanol–water partition coefficient (Wildman–Crippen LogP) is 2.85. The quantitative estimate of drug-likeness (QED) is 0.769. The number of anilines is 2. The Balaban J connectivity index is 1.67. The number of hydrogen-bond acceptors (Lipinski definition) is 4. The number of para-hydroxylation sites is 1. The van der Waals surface area contributed by atoms with Crippen LogP contribution < -0.4 is 13.9 Å². The Morgan fingerprint density at radius 3 is 2.70 bits per heavy atom. The maximum atomic E-state index is 13.2. The van der Waals surface area contributed by atoms with Crippen LogP contribution >= 0.6 is 11.6 Å². The molecule has 0 aromatic heterocycles. The molecule has 2 aromatic carbocycles. The number of fused-ring (bicyclic) bond motifs is 2. The molecule has 1 atom stereocenters. The summed E-state index contributed by atoms with van der Waals surface area (Å²) in [7, 11) is -3.53. The van der Waals surface area contributed by atoms with Crippen molar-refractivity contribution >= 4 is 38.9 Å². The topological polar surface area (TPSA) is 66.9 Å². The summed E-state index contributed by atoms with van der Waals surface area (Å²) < 4.78 is 31.7. The Labute approximate surface area is 163 Å². The highest BCUT2D eigenvalue weighted by Crippen LogP contribution is 2.37. The molecule has 27 heavy (non-hydrogen) atoms. The number of carbonyl (C=O) groups excluding carboxylic acids is 1. The number of ether oxygens (including phenoxy) is 1. The molecule has 1 unspecified atom stereocenters. The monoisotopic (exact) mass is 406 g/mol. The fourth-order valence-electron chi connectivity index (χ4n) is 3.61. The van der Waals surface area contributed by atoms with E-state index in [1.807, 2.05) is 24.3 Å². The molecular weight excluding hydrogens is 388 g/mol. The zero-order valence-corrected chi connectivity index (χ0v) is 16.3. The van der Waals surface area contributed by atoms with E-state index in [0.29, 0.717) is 23.0 Å². The molecule has 0 spiro atoms. The first-order valence-electron chi connectivity index (χ1n) is 8.68. The number of rotatable bonds is 2. The van der Waals surface area contributed by atoms with Gasteiger partial charge in [-0.1, -0.05) is 29.8 Å². The SMILES string of the molecule is CS(=O)(=O)N1CCC(C(=O)N2CCc3ccccc32)Oc2ccc(Cl)cc21. The van der Waals surface area contributed by atoms with E-state index in [-0.39, 0.29) is 18.9 Å². The smallest absolute Gasteiger partial charge is 0.268 e. The Morgan fingerprint density at radius 1 is 1.15 bits per heavy atom. The van der Waals surface area contributed by atoms with E-state index in [1.165, 1.54) is 4.31 Å². The second-order valence-corrected chi connectivity index (χ2v) is 9.05. The number of halogens is 1. The first-order valence-corrected chi connectivity index (χ1v) is 10.9. The molecule has 2 aliphatic heterocycles. The van der Waals surface area contributed by atoms with Crippen LogP contribution in [0.15, 0.2) is 42.5 Å². The molecule has 0 aliphatic carbocycles. The van der Waals surface area contributed by atoms with Crippen molar-refractivity contribution in [3.63, 3.8) is 0 Å². The minimum Gasteiger partial charge on any atom is -0.478 e. The maximum absolute atomic E-state index is 13.2. The Hall–Kier alpha value is -2.25.